The number of nitrogens with one attached hydrogen (secondary N) is 1. The Balaban J connectivity index is 1.64. The predicted molar refractivity (Wildman–Crippen MR) is 77.1 cm³/mol. The van der Waals surface area contributed by atoms with E-state index in [9.17, 15) is 4.57 Å². The Bertz CT molecular complexity index is 471. The quantitative estimate of drug-likeness (QED) is 0.812. The third kappa shape index (κ3) is 3.12. The molecular weight excluding hydrogens is 277 g/mol. The van der Waals surface area contributed by atoms with E-state index in [4.69, 9.17) is 18.1 Å². The molecule has 5 nitrogen and oxygen atoms in total. The van der Waals surface area contributed by atoms with Gasteiger partial charge in [-0.2, -0.15) is 0 Å². The van der Waals surface area contributed by atoms with E-state index in [-0.39, 0.29) is 25.0 Å². The minimum Gasteiger partial charge on any atom is -0.376 e. The lowest BCUT2D eigenvalue weighted by molar-refractivity contribution is 0.0517. The van der Waals surface area contributed by atoms with Crippen molar-refractivity contribution in [2.45, 2.75) is 63.9 Å². The van der Waals surface area contributed by atoms with Crippen LogP contribution in [0.1, 0.15) is 43.6 Å². The van der Waals surface area contributed by atoms with Crippen LogP contribution < -0.4 is 5.09 Å². The van der Waals surface area contributed by atoms with E-state index in [0.29, 0.717) is 19.0 Å². The van der Waals surface area contributed by atoms with Crippen LogP contribution in [0.15, 0.2) is 0 Å². The zero-order valence-electron chi connectivity index (χ0n) is 14.9. The molecule has 116 valence electrons. The van der Waals surface area contributed by atoms with Crippen LogP contribution in [0.2, 0.25) is 0 Å². The molecule has 3 fully saturated rings. The van der Waals surface area contributed by atoms with E-state index < -0.39 is 32.9 Å². The maximum Gasteiger partial charge on any atom is 0.270 e. The fourth-order valence-electron chi connectivity index (χ4n) is 3.14. The van der Waals surface area contributed by atoms with Crippen molar-refractivity contribution >= 4 is 7.52 Å². The fourth-order valence-corrected chi connectivity index (χ4v) is 5.48. The smallest absolute Gasteiger partial charge is 0.270 e. The van der Waals surface area contributed by atoms with Gasteiger partial charge < -0.3 is 14.0 Å². The van der Waals surface area contributed by atoms with E-state index in [0.717, 1.165) is 12.8 Å². The highest BCUT2D eigenvalue weighted by molar-refractivity contribution is 7.57. The maximum absolute atomic E-state index is 13.1. The van der Waals surface area contributed by atoms with Gasteiger partial charge in [-0.15, -0.1) is 0 Å². The van der Waals surface area contributed by atoms with E-state index in [2.05, 4.69) is 12.0 Å². The molecule has 0 spiro atoms. The Labute approximate surface area is 125 Å². The van der Waals surface area contributed by atoms with Gasteiger partial charge in [-0.3, -0.25) is 4.57 Å². The fraction of sp³-hybridized carbons (Fsp3) is 1.00. The first-order valence-electron chi connectivity index (χ1n) is 9.26. The van der Waals surface area contributed by atoms with Gasteiger partial charge in [0, 0.05) is 26.7 Å². The normalized spacial score (nSPS) is 59.0. The largest absolute Gasteiger partial charge is 0.376 e. The molecule has 0 amide bonds. The molecule has 1 N–H and O–H groups in total. The monoisotopic (exact) mass is 308 g/mol. The molecule has 3 saturated heterocycles. The lowest BCUT2D eigenvalue weighted by atomic mass is 9.95. The minimum absolute atomic E-state index is 0.00671. The summed E-state index contributed by atoms with van der Waals surface area (Å²) in [6.07, 6.45) is 2.11. The topological polar surface area (TPSA) is 56.8 Å². The second kappa shape index (κ2) is 6.05. The van der Waals surface area contributed by atoms with Crippen LogP contribution in [0.3, 0.4) is 0 Å². The summed E-state index contributed by atoms with van der Waals surface area (Å²) >= 11 is 0. The molecule has 8 atom stereocenters. The van der Waals surface area contributed by atoms with Crippen molar-refractivity contribution in [2.75, 3.05) is 19.3 Å². The SMILES string of the molecule is [2H]C[C@H]1O[C@@H]([3H])C[C@@H]1O[P@@]1(=O)CCC[C@H]([C@H]2O[C@@H]([3H])C[C@@H]2C)N1. The van der Waals surface area contributed by atoms with Crippen LogP contribution >= 0.6 is 7.52 Å². The van der Waals surface area contributed by atoms with Crippen LogP contribution in [0.4, 0.5) is 0 Å². The zero-order chi connectivity index (χ0) is 16.6. The highest BCUT2D eigenvalue weighted by Gasteiger charge is 2.42. The third-order valence-electron chi connectivity index (χ3n) is 4.33. The molecular formula is C14H26NO4P. The highest BCUT2D eigenvalue weighted by atomic mass is 31.2. The summed E-state index contributed by atoms with van der Waals surface area (Å²) in [4.78, 5) is 0. The summed E-state index contributed by atoms with van der Waals surface area (Å²) in [6.45, 7) is 0.864. The van der Waals surface area contributed by atoms with Gasteiger partial charge in [0.15, 0.2) is 0 Å². The van der Waals surface area contributed by atoms with Gasteiger partial charge in [-0.05, 0) is 38.5 Å². The summed E-state index contributed by atoms with van der Waals surface area (Å²) in [5.74, 6) is 0.259. The maximum atomic E-state index is 13.1. The van der Waals surface area contributed by atoms with Crippen molar-refractivity contribution in [3.05, 3.63) is 0 Å². The molecule has 0 aliphatic carbocycles. The van der Waals surface area contributed by atoms with Crippen molar-refractivity contribution in [2.24, 2.45) is 5.92 Å². The Morgan fingerprint density at radius 1 is 1.40 bits per heavy atom. The molecule has 3 rings (SSSR count). The van der Waals surface area contributed by atoms with Gasteiger partial charge in [0.25, 0.3) is 7.52 Å². The second-order valence-electron chi connectivity index (χ2n) is 5.98. The summed E-state index contributed by atoms with van der Waals surface area (Å²) < 4.78 is 52.9. The highest BCUT2D eigenvalue weighted by Crippen LogP contribution is 2.50. The molecule has 0 bridgehead atoms. The van der Waals surface area contributed by atoms with E-state index >= 15 is 0 Å². The van der Waals surface area contributed by atoms with E-state index in [1.54, 1.807) is 0 Å². The Kier molecular flexibility index (Phi) is 3.52. The minimum atomic E-state index is -3.03. The molecule has 0 saturated carbocycles. The Morgan fingerprint density at radius 3 is 3.00 bits per heavy atom. The molecule has 6 heteroatoms. The summed E-state index contributed by atoms with van der Waals surface area (Å²) in [5, 5.41) is 3.16. The van der Waals surface area contributed by atoms with Gasteiger partial charge in [-0.25, -0.2) is 5.09 Å². The summed E-state index contributed by atoms with van der Waals surface area (Å²) in [7, 11) is -3.03. The first-order valence-corrected chi connectivity index (χ1v) is 9.21. The molecule has 0 radical (unpaired) electrons. The van der Waals surface area contributed by atoms with Crippen LogP contribution in [-0.2, 0) is 18.6 Å². The first-order chi connectivity index (χ1) is 10.9. The van der Waals surface area contributed by atoms with E-state index in [1.165, 1.54) is 0 Å². The van der Waals surface area contributed by atoms with Gasteiger partial charge in [0.05, 0.1) is 21.1 Å². The van der Waals surface area contributed by atoms with E-state index in [1.807, 2.05) is 0 Å². The Hall–Kier alpha value is 0.0700. The molecule has 20 heavy (non-hydrogen) atoms. The van der Waals surface area contributed by atoms with Crippen molar-refractivity contribution in [3.63, 3.8) is 0 Å². The van der Waals surface area contributed by atoms with Crippen molar-refractivity contribution in [3.8, 4) is 0 Å². The zero-order valence-corrected chi connectivity index (χ0v) is 12.8. The molecule has 0 aromatic carbocycles. The van der Waals surface area contributed by atoms with Crippen LogP contribution in [-0.4, -0.2) is 43.7 Å². The van der Waals surface area contributed by atoms with Gasteiger partial charge in [0.2, 0.25) is 0 Å². The van der Waals surface area contributed by atoms with Crippen molar-refractivity contribution in [1.82, 2.24) is 5.09 Å². The Morgan fingerprint density at radius 2 is 2.25 bits per heavy atom. The molecule has 0 aromatic heterocycles. The van der Waals surface area contributed by atoms with Gasteiger partial charge >= 0.3 is 0 Å². The number of ether oxygens (including phenoxy) is 2. The van der Waals surface area contributed by atoms with Gasteiger partial charge in [0.1, 0.15) is 0 Å². The molecule has 0 unspecified atom stereocenters. The number of hydrogen-bond acceptors (Lipinski definition) is 4. The number of rotatable bonds is 3. The number of hydrogen-bond donors (Lipinski definition) is 1. The molecule has 3 aliphatic heterocycles. The van der Waals surface area contributed by atoms with Gasteiger partial charge in [-0.1, -0.05) is 6.92 Å². The lowest BCUT2D eigenvalue weighted by Gasteiger charge is -2.36. The summed E-state index contributed by atoms with van der Waals surface area (Å²) in [6, 6.07) is -0.0662. The second-order valence-corrected chi connectivity index (χ2v) is 8.24. The lowest BCUT2D eigenvalue weighted by Crippen LogP contribution is -2.44. The van der Waals surface area contributed by atoms with Crippen LogP contribution in [0, 0.1) is 5.92 Å². The molecule has 3 aliphatic rings. The third-order valence-corrected chi connectivity index (χ3v) is 6.57. The summed E-state index contributed by atoms with van der Waals surface area (Å²) in [5.41, 5.74) is 0. The molecule has 3 heterocycles. The standard InChI is InChI=1S/C14H26NO4P/c1-10-5-7-18-14(10)12-4-3-9-20(16,15-12)19-13-6-8-17-11(13)2/h10-14H,3-9H2,1-2H3,(H,15,16)/t10-,11+,12+,13-,14-,20-/m0/s1/i2D,7T,8T/t7-,8-,10-,11+,12+,13-,14-,20-. The van der Waals surface area contributed by atoms with Crippen molar-refractivity contribution < 1.29 is 22.7 Å². The predicted octanol–water partition coefficient (Wildman–Crippen LogP) is 2.55. The molecule has 0 aromatic rings. The van der Waals surface area contributed by atoms with Crippen LogP contribution in [0.25, 0.3) is 0 Å². The van der Waals surface area contributed by atoms with Crippen LogP contribution in [0.5, 0.6) is 0 Å². The first kappa shape index (κ1) is 11.6. The van der Waals surface area contributed by atoms with Crippen molar-refractivity contribution in [1.29, 1.82) is 0 Å². The average molecular weight is 308 g/mol. The average Bonchev–Trinajstić information content (AvgIpc) is 3.00.